The van der Waals surface area contributed by atoms with Crippen LogP contribution in [0.4, 0.5) is 0 Å². The van der Waals surface area contributed by atoms with Gasteiger partial charge in [0.2, 0.25) is 0 Å². The smallest absolute Gasteiger partial charge is 0 e. The maximum absolute atomic E-state index is 2.29. The molecule has 0 aliphatic carbocycles. The Balaban J connectivity index is -0.0000000600. The van der Waals surface area contributed by atoms with Crippen LogP contribution in [0.15, 0.2) is 0 Å². The van der Waals surface area contributed by atoms with Crippen LogP contribution < -0.4 is 0 Å². The van der Waals surface area contributed by atoms with E-state index in [9.17, 15) is 0 Å². The average Bonchev–Trinajstić information content (AvgIpc) is 1.72. The zero-order valence-electron chi connectivity index (χ0n) is 6.58. The van der Waals surface area contributed by atoms with Gasteiger partial charge >= 0.3 is 0 Å². The van der Waals surface area contributed by atoms with Gasteiger partial charge in [0.1, 0.15) is 0 Å². The fraction of sp³-hybridized carbons (Fsp3) is 1.00. The largest absolute Gasteiger partial charge is 0.147 e. The van der Waals surface area contributed by atoms with Crippen LogP contribution in [0.25, 0.3) is 0 Å². The first-order valence-corrected chi connectivity index (χ1v) is 4.97. The molecule has 74 valence electrons. The van der Waals surface area contributed by atoms with Crippen LogP contribution in [0.1, 0.15) is 20.8 Å². The van der Waals surface area contributed by atoms with E-state index in [-0.39, 0.29) is 57.2 Å². The Labute approximate surface area is 103 Å². The summed E-state index contributed by atoms with van der Waals surface area (Å²) in [6.45, 7) is 6.87. The first-order valence-electron chi connectivity index (χ1n) is 3.07. The minimum atomic E-state index is 0. The van der Waals surface area contributed by atoms with Crippen molar-refractivity contribution in [3.05, 3.63) is 0 Å². The van der Waals surface area contributed by atoms with Crippen LogP contribution in [-0.2, 0) is 44.8 Å². The number of hydrogen-bond donors (Lipinski definition) is 0. The van der Waals surface area contributed by atoms with Crippen molar-refractivity contribution < 1.29 is 44.8 Å². The molecule has 2 radical (unpaired) electrons. The second-order valence-corrected chi connectivity index (χ2v) is 4.86. The zero-order chi connectivity index (χ0) is 5.70. The molecular formula is C6H16Au2ClP. The van der Waals surface area contributed by atoms with Crippen molar-refractivity contribution in [2.24, 2.45) is 0 Å². The van der Waals surface area contributed by atoms with Crippen molar-refractivity contribution in [3.8, 4) is 0 Å². The fourth-order valence-corrected chi connectivity index (χ4v) is 2.01. The fourth-order valence-electron chi connectivity index (χ4n) is 0.671. The van der Waals surface area contributed by atoms with E-state index in [4.69, 9.17) is 0 Å². The van der Waals surface area contributed by atoms with Crippen LogP contribution in [0.2, 0.25) is 0 Å². The predicted molar refractivity (Wildman–Crippen MR) is 45.8 cm³/mol. The first kappa shape index (κ1) is 22.8. The van der Waals surface area contributed by atoms with Crippen molar-refractivity contribution >= 4 is 20.3 Å². The molecule has 0 aromatic rings. The molecule has 0 heterocycles. The van der Waals surface area contributed by atoms with Crippen LogP contribution in [0.5, 0.6) is 0 Å². The van der Waals surface area contributed by atoms with E-state index >= 15 is 0 Å². The Bertz CT molecular complexity index is 37.2. The number of rotatable bonds is 3. The molecule has 0 spiro atoms. The van der Waals surface area contributed by atoms with Crippen LogP contribution in [0.3, 0.4) is 0 Å². The summed E-state index contributed by atoms with van der Waals surface area (Å²) < 4.78 is 0. The quantitative estimate of drug-likeness (QED) is 0.376. The molecule has 0 amide bonds. The van der Waals surface area contributed by atoms with Gasteiger partial charge in [-0.3, -0.25) is 0 Å². The third-order valence-electron chi connectivity index (χ3n) is 1.34. The Hall–Kier alpha value is 2.20. The second-order valence-electron chi connectivity index (χ2n) is 1.62. The van der Waals surface area contributed by atoms with Crippen molar-refractivity contribution in [2.75, 3.05) is 18.5 Å². The van der Waals surface area contributed by atoms with E-state index in [0.717, 1.165) is 0 Å². The minimum absolute atomic E-state index is 0. The van der Waals surface area contributed by atoms with E-state index < -0.39 is 0 Å². The summed E-state index contributed by atoms with van der Waals surface area (Å²) in [6.07, 6.45) is 4.26. The molecule has 0 bridgehead atoms. The SMILES string of the molecule is CCP(CC)CC.Cl.[Au].[Au]. The van der Waals surface area contributed by atoms with E-state index in [0.29, 0.717) is 7.92 Å². The van der Waals surface area contributed by atoms with Gasteiger partial charge in [0, 0.05) is 44.8 Å². The molecule has 4 heteroatoms. The summed E-state index contributed by atoms with van der Waals surface area (Å²) in [7, 11) is 0.446. The maximum atomic E-state index is 2.29. The van der Waals surface area contributed by atoms with Crippen molar-refractivity contribution in [1.82, 2.24) is 0 Å². The van der Waals surface area contributed by atoms with E-state index in [2.05, 4.69) is 20.8 Å². The van der Waals surface area contributed by atoms with Gasteiger partial charge in [0.25, 0.3) is 0 Å². The van der Waals surface area contributed by atoms with Crippen molar-refractivity contribution in [2.45, 2.75) is 20.8 Å². The third-order valence-corrected chi connectivity index (χ3v) is 4.02. The standard InChI is InChI=1S/C6H15P.2Au.ClH/c1-4-7(5-2)6-3;;;/h4-6H2,1-3H3;;;1H. The van der Waals surface area contributed by atoms with Crippen molar-refractivity contribution in [3.63, 3.8) is 0 Å². The van der Waals surface area contributed by atoms with Gasteiger partial charge in [-0.05, 0) is 18.5 Å². The summed E-state index contributed by atoms with van der Waals surface area (Å²) in [5, 5.41) is 0. The molecule has 0 nitrogen and oxygen atoms in total. The van der Waals surface area contributed by atoms with Gasteiger partial charge in [-0.15, -0.1) is 20.3 Å². The van der Waals surface area contributed by atoms with Gasteiger partial charge in [0.05, 0.1) is 0 Å². The first-order chi connectivity index (χ1) is 3.35. The van der Waals surface area contributed by atoms with Crippen LogP contribution in [0, 0.1) is 0 Å². The maximum Gasteiger partial charge on any atom is 0 e. The average molecular weight is 549 g/mol. The van der Waals surface area contributed by atoms with Gasteiger partial charge in [0.15, 0.2) is 0 Å². The molecular weight excluding hydrogens is 532 g/mol. The molecule has 0 aromatic carbocycles. The number of halogens is 1. The Morgan fingerprint density at radius 2 is 1.00 bits per heavy atom. The molecule has 0 saturated heterocycles. The minimum Gasteiger partial charge on any atom is -0.147 e. The molecule has 0 aliphatic heterocycles. The zero-order valence-corrected chi connectivity index (χ0v) is 12.6. The van der Waals surface area contributed by atoms with Crippen LogP contribution >= 0.6 is 20.3 Å². The Morgan fingerprint density at radius 1 is 0.800 bits per heavy atom. The van der Waals surface area contributed by atoms with Gasteiger partial charge in [-0.2, -0.15) is 0 Å². The summed E-state index contributed by atoms with van der Waals surface area (Å²) in [5.74, 6) is 0. The topological polar surface area (TPSA) is 0 Å². The molecule has 0 N–H and O–H groups in total. The summed E-state index contributed by atoms with van der Waals surface area (Å²) in [5.41, 5.74) is 0. The van der Waals surface area contributed by atoms with Crippen LogP contribution in [-0.4, -0.2) is 18.5 Å². The van der Waals surface area contributed by atoms with Crippen molar-refractivity contribution in [1.29, 1.82) is 0 Å². The number of hydrogen-bond acceptors (Lipinski definition) is 0. The monoisotopic (exact) mass is 548 g/mol. The van der Waals surface area contributed by atoms with E-state index in [1.165, 1.54) is 18.5 Å². The molecule has 0 unspecified atom stereocenters. The summed E-state index contributed by atoms with van der Waals surface area (Å²) >= 11 is 0. The Kier molecular flexibility index (Phi) is 39.4. The molecule has 0 atom stereocenters. The van der Waals surface area contributed by atoms with Gasteiger partial charge in [-0.1, -0.05) is 20.8 Å². The Morgan fingerprint density at radius 3 is 1.00 bits per heavy atom. The third kappa shape index (κ3) is 12.8. The molecule has 0 fully saturated rings. The molecule has 0 aliphatic rings. The molecule has 0 rings (SSSR count). The second kappa shape index (κ2) is 17.3. The normalized spacial score (nSPS) is 7.20. The summed E-state index contributed by atoms with van der Waals surface area (Å²) in [6, 6.07) is 0. The molecule has 0 saturated carbocycles. The molecule has 0 aromatic heterocycles. The van der Waals surface area contributed by atoms with E-state index in [1.54, 1.807) is 0 Å². The summed E-state index contributed by atoms with van der Waals surface area (Å²) in [4.78, 5) is 0. The van der Waals surface area contributed by atoms with E-state index in [1.807, 2.05) is 0 Å². The molecule has 10 heavy (non-hydrogen) atoms. The van der Waals surface area contributed by atoms with Gasteiger partial charge in [-0.25, -0.2) is 0 Å². The van der Waals surface area contributed by atoms with Gasteiger partial charge < -0.3 is 0 Å². The predicted octanol–water partition coefficient (Wildman–Crippen LogP) is 2.94.